The summed E-state index contributed by atoms with van der Waals surface area (Å²) in [5, 5.41) is 10.8. The largest absolute Gasteiger partial charge is 0.478 e. The summed E-state index contributed by atoms with van der Waals surface area (Å²) in [6, 6.07) is 9.84. The third-order valence-corrected chi connectivity index (χ3v) is 3.93. The minimum atomic E-state index is -1.04. The summed E-state index contributed by atoms with van der Waals surface area (Å²) in [5.41, 5.74) is 1.76. The van der Waals surface area contributed by atoms with Gasteiger partial charge in [0.15, 0.2) is 0 Å². The molecule has 0 bridgehead atoms. The highest BCUT2D eigenvalue weighted by atomic mass is 16.4. The number of carbonyl (C=O) groups is 2. The third-order valence-electron chi connectivity index (χ3n) is 3.93. The van der Waals surface area contributed by atoms with E-state index in [0.717, 1.165) is 10.8 Å². The van der Waals surface area contributed by atoms with Crippen molar-refractivity contribution in [2.24, 2.45) is 0 Å². The summed E-state index contributed by atoms with van der Waals surface area (Å²) >= 11 is 0. The Labute approximate surface area is 136 Å². The number of carboxylic acids is 1. The van der Waals surface area contributed by atoms with Crippen LogP contribution in [-0.4, -0.2) is 31.5 Å². The molecule has 116 valence electrons. The van der Waals surface area contributed by atoms with Crippen LogP contribution in [-0.2, 0) is 0 Å². The SMILES string of the molecule is O=C(O)c1ccc2c3cnccc3n(C(=O)c3cccnc3)c2c1. The van der Waals surface area contributed by atoms with Crippen molar-refractivity contribution in [1.82, 2.24) is 14.5 Å². The van der Waals surface area contributed by atoms with Crippen molar-refractivity contribution in [3.05, 3.63) is 72.3 Å². The number of carboxylic acid groups (broad SMARTS) is 1. The molecule has 0 unspecified atom stereocenters. The van der Waals surface area contributed by atoms with E-state index in [4.69, 9.17) is 0 Å². The Hall–Kier alpha value is -3.54. The Morgan fingerprint density at radius 3 is 2.46 bits per heavy atom. The van der Waals surface area contributed by atoms with E-state index in [-0.39, 0.29) is 11.5 Å². The van der Waals surface area contributed by atoms with Crippen LogP contribution in [0, 0.1) is 0 Å². The summed E-state index contributed by atoms with van der Waals surface area (Å²) in [5.74, 6) is -1.31. The highest BCUT2D eigenvalue weighted by Crippen LogP contribution is 2.29. The van der Waals surface area contributed by atoms with Crippen molar-refractivity contribution in [2.75, 3.05) is 0 Å². The van der Waals surface area contributed by atoms with E-state index < -0.39 is 5.97 Å². The molecule has 0 aliphatic rings. The van der Waals surface area contributed by atoms with E-state index in [9.17, 15) is 14.7 Å². The zero-order valence-electron chi connectivity index (χ0n) is 12.4. The lowest BCUT2D eigenvalue weighted by Crippen LogP contribution is -2.12. The van der Waals surface area contributed by atoms with Crippen LogP contribution in [0.1, 0.15) is 20.7 Å². The van der Waals surface area contributed by atoms with Crippen LogP contribution in [0.5, 0.6) is 0 Å². The highest BCUT2D eigenvalue weighted by molar-refractivity contribution is 6.16. The molecule has 6 nitrogen and oxygen atoms in total. The average molecular weight is 317 g/mol. The monoisotopic (exact) mass is 317 g/mol. The van der Waals surface area contributed by atoms with Crippen LogP contribution >= 0.6 is 0 Å². The summed E-state index contributed by atoms with van der Waals surface area (Å²) in [7, 11) is 0. The molecule has 3 heterocycles. The molecule has 0 aliphatic carbocycles. The second kappa shape index (κ2) is 5.27. The molecule has 0 radical (unpaired) electrons. The van der Waals surface area contributed by atoms with Gasteiger partial charge in [-0.1, -0.05) is 6.07 Å². The van der Waals surface area contributed by atoms with Crippen LogP contribution in [0.3, 0.4) is 0 Å². The van der Waals surface area contributed by atoms with Crippen LogP contribution in [0.2, 0.25) is 0 Å². The maximum Gasteiger partial charge on any atom is 0.335 e. The minimum absolute atomic E-state index is 0.124. The highest BCUT2D eigenvalue weighted by Gasteiger charge is 2.19. The average Bonchev–Trinajstić information content (AvgIpc) is 2.95. The fourth-order valence-electron chi connectivity index (χ4n) is 2.83. The number of benzene rings is 1. The van der Waals surface area contributed by atoms with E-state index in [1.165, 1.54) is 22.9 Å². The van der Waals surface area contributed by atoms with Crippen molar-refractivity contribution in [2.45, 2.75) is 0 Å². The number of hydrogen-bond acceptors (Lipinski definition) is 4. The molecule has 0 fully saturated rings. The fourth-order valence-corrected chi connectivity index (χ4v) is 2.83. The van der Waals surface area contributed by atoms with Gasteiger partial charge in [0.05, 0.1) is 22.2 Å². The summed E-state index contributed by atoms with van der Waals surface area (Å²) in [4.78, 5) is 32.4. The van der Waals surface area contributed by atoms with Gasteiger partial charge in [-0.15, -0.1) is 0 Å². The lowest BCUT2D eigenvalue weighted by molar-refractivity contribution is 0.0696. The number of hydrogen-bond donors (Lipinski definition) is 1. The molecule has 0 aliphatic heterocycles. The topological polar surface area (TPSA) is 85.1 Å². The first-order valence-corrected chi connectivity index (χ1v) is 7.23. The van der Waals surface area contributed by atoms with Crippen molar-refractivity contribution < 1.29 is 14.7 Å². The molecule has 0 saturated heterocycles. The number of fused-ring (bicyclic) bond motifs is 3. The lowest BCUT2D eigenvalue weighted by atomic mass is 10.1. The molecule has 4 rings (SSSR count). The van der Waals surface area contributed by atoms with Gasteiger partial charge in [0.25, 0.3) is 5.91 Å². The van der Waals surface area contributed by atoms with Crippen molar-refractivity contribution in [3.8, 4) is 0 Å². The number of pyridine rings is 2. The van der Waals surface area contributed by atoms with Crippen LogP contribution in [0.15, 0.2) is 61.2 Å². The predicted molar refractivity (Wildman–Crippen MR) is 88.2 cm³/mol. The Balaban J connectivity index is 2.09. The first-order valence-electron chi connectivity index (χ1n) is 7.23. The molecular weight excluding hydrogens is 306 g/mol. The third kappa shape index (κ3) is 2.04. The zero-order chi connectivity index (χ0) is 16.7. The summed E-state index contributed by atoms with van der Waals surface area (Å²) < 4.78 is 1.51. The van der Waals surface area contributed by atoms with Gasteiger partial charge >= 0.3 is 5.97 Å². The second-order valence-electron chi connectivity index (χ2n) is 5.31. The molecule has 1 N–H and O–H groups in total. The van der Waals surface area contributed by atoms with Gasteiger partial charge in [0, 0.05) is 35.6 Å². The lowest BCUT2D eigenvalue weighted by Gasteiger charge is -2.06. The summed E-state index contributed by atoms with van der Waals surface area (Å²) in [6.45, 7) is 0. The van der Waals surface area contributed by atoms with E-state index in [2.05, 4.69) is 9.97 Å². The molecule has 3 aromatic heterocycles. The van der Waals surface area contributed by atoms with Crippen molar-refractivity contribution in [1.29, 1.82) is 0 Å². The normalized spacial score (nSPS) is 11.0. The Bertz CT molecular complexity index is 1100. The van der Waals surface area contributed by atoms with Crippen molar-refractivity contribution >= 4 is 33.7 Å². The fraction of sp³-hybridized carbons (Fsp3) is 0. The molecule has 0 atom stereocenters. The van der Waals surface area contributed by atoms with Crippen LogP contribution in [0.25, 0.3) is 21.8 Å². The number of aromatic carboxylic acids is 1. The number of carbonyl (C=O) groups excluding carboxylic acids is 1. The van der Waals surface area contributed by atoms with Gasteiger partial charge in [0.2, 0.25) is 0 Å². The maximum atomic E-state index is 13.0. The first kappa shape index (κ1) is 14.1. The van der Waals surface area contributed by atoms with Crippen LogP contribution < -0.4 is 0 Å². The van der Waals surface area contributed by atoms with E-state index in [1.54, 1.807) is 42.9 Å². The maximum absolute atomic E-state index is 13.0. The standard InChI is InChI=1S/C18H11N3O3/c22-17(12-2-1-6-19-9-12)21-15-5-7-20-10-14(15)13-4-3-11(18(23)24)8-16(13)21/h1-10H,(H,23,24). The van der Waals surface area contributed by atoms with E-state index in [0.29, 0.717) is 16.6 Å². The van der Waals surface area contributed by atoms with Crippen molar-refractivity contribution in [3.63, 3.8) is 0 Å². The number of nitrogens with zero attached hydrogens (tertiary/aromatic N) is 3. The summed E-state index contributed by atoms with van der Waals surface area (Å²) in [6.07, 6.45) is 6.36. The predicted octanol–water partition coefficient (Wildman–Crippen LogP) is 2.97. The molecule has 24 heavy (non-hydrogen) atoms. The first-order chi connectivity index (χ1) is 11.7. The Kier molecular flexibility index (Phi) is 3.09. The number of aromatic nitrogens is 3. The minimum Gasteiger partial charge on any atom is -0.478 e. The number of rotatable bonds is 2. The van der Waals surface area contributed by atoms with Gasteiger partial charge in [0.1, 0.15) is 0 Å². The smallest absolute Gasteiger partial charge is 0.335 e. The molecule has 0 spiro atoms. The molecule has 1 aromatic carbocycles. The van der Waals surface area contributed by atoms with Gasteiger partial charge < -0.3 is 5.11 Å². The molecule has 0 amide bonds. The second-order valence-corrected chi connectivity index (χ2v) is 5.31. The Morgan fingerprint density at radius 2 is 1.71 bits per heavy atom. The Morgan fingerprint density at radius 1 is 0.875 bits per heavy atom. The van der Waals surface area contributed by atoms with Gasteiger partial charge in [-0.25, -0.2) is 4.79 Å². The quantitative estimate of drug-likeness (QED) is 0.614. The molecular formula is C18H11N3O3. The van der Waals surface area contributed by atoms with E-state index >= 15 is 0 Å². The van der Waals surface area contributed by atoms with Gasteiger partial charge in [-0.05, 0) is 30.3 Å². The van der Waals surface area contributed by atoms with E-state index in [1.807, 2.05) is 0 Å². The zero-order valence-corrected chi connectivity index (χ0v) is 12.4. The van der Waals surface area contributed by atoms with Gasteiger partial charge in [-0.2, -0.15) is 0 Å². The van der Waals surface area contributed by atoms with Crippen LogP contribution in [0.4, 0.5) is 0 Å². The van der Waals surface area contributed by atoms with Gasteiger partial charge in [-0.3, -0.25) is 19.3 Å². The molecule has 6 heteroatoms. The molecule has 0 saturated carbocycles. The molecule has 4 aromatic rings.